The predicted molar refractivity (Wildman–Crippen MR) is 377 cm³/mol. The number of hydrogen-bond donors (Lipinski definition) is 8. The highest BCUT2D eigenvalue weighted by Crippen LogP contribution is 2.37. The number of allylic oxidation sites excluding steroid dienone is 4. The summed E-state index contributed by atoms with van der Waals surface area (Å²) in [6.45, 7) is 22.5. The minimum absolute atomic E-state index is 0.0293. The molecule has 5 aliphatic heterocycles. The molecule has 5 rings (SSSR count). The van der Waals surface area contributed by atoms with Crippen molar-refractivity contribution >= 4 is 11.9 Å². The molecule has 0 unspecified atom stereocenters. The van der Waals surface area contributed by atoms with Gasteiger partial charge in [-0.25, -0.2) is 9.59 Å². The van der Waals surface area contributed by atoms with Crippen LogP contribution in [0.15, 0.2) is 71.9 Å². The van der Waals surface area contributed by atoms with Crippen LogP contribution in [0.4, 0.5) is 0 Å². The number of aliphatic hydroxyl groups is 8. The van der Waals surface area contributed by atoms with Crippen molar-refractivity contribution in [2.24, 2.45) is 47.3 Å². The minimum Gasteiger partial charge on any atom is -0.458 e. The van der Waals surface area contributed by atoms with E-state index in [1.807, 2.05) is 106 Å². The van der Waals surface area contributed by atoms with E-state index in [0.29, 0.717) is 62.5 Å². The lowest BCUT2D eigenvalue weighted by atomic mass is 9.78. The van der Waals surface area contributed by atoms with Crippen LogP contribution >= 0.6 is 0 Å². The van der Waals surface area contributed by atoms with E-state index < -0.39 is 133 Å². The van der Waals surface area contributed by atoms with E-state index in [1.165, 1.54) is 12.2 Å². The van der Waals surface area contributed by atoms with Crippen molar-refractivity contribution < 1.29 is 97.8 Å². The van der Waals surface area contributed by atoms with Crippen molar-refractivity contribution in [2.75, 3.05) is 28.4 Å². The Kier molecular flexibility index (Phi) is 37.6. The van der Waals surface area contributed by atoms with Crippen LogP contribution in [0.25, 0.3) is 0 Å². The SMILES string of the molecule is CO[C@H]1C[C@H](CC[C@H](C)[C@H](O)[C@H](C)[C@H]2OC(=O)/C=C/C(C)=C/C[C@H](O)C[C@@H]3C=CC[C@@H](C[C@H](OC)[C@@H](C)[C@H](O)C[C@@H](O)[C@H](C)[C@@H]([C@@H](C)[C@@H](O)[C@@H](C)CC[C@H]4C[C@H](OC)C[C@H](C)O4)OC(=O)/C=C/C(C)=C/C[C@H](O)C[C@@H]4C=CC[C@@H](C[C@H](OC)[C@H](C)[C@H](O)C[C@@H](O)[C@@H]2C)O4)O3)O[C@@H](C)C1. The predicted octanol–water partition coefficient (Wildman–Crippen LogP) is 10.1. The van der Waals surface area contributed by atoms with Gasteiger partial charge in [0.25, 0.3) is 0 Å². The summed E-state index contributed by atoms with van der Waals surface area (Å²) in [7, 11) is 6.58. The van der Waals surface area contributed by atoms with Crippen LogP contribution in [0.5, 0.6) is 0 Å². The van der Waals surface area contributed by atoms with E-state index in [9.17, 15) is 50.4 Å². The lowest BCUT2D eigenvalue weighted by Crippen LogP contribution is -2.45. The van der Waals surface area contributed by atoms with Gasteiger partial charge < -0.3 is 88.2 Å². The van der Waals surface area contributed by atoms with Crippen molar-refractivity contribution in [1.82, 2.24) is 0 Å². The summed E-state index contributed by atoms with van der Waals surface area (Å²) in [6, 6.07) is 0. The second kappa shape index (κ2) is 43.1. The van der Waals surface area contributed by atoms with Gasteiger partial charge in [-0.15, -0.1) is 0 Å². The highest BCUT2D eigenvalue weighted by Gasteiger charge is 2.42. The first-order valence-corrected chi connectivity index (χ1v) is 37.1. The normalized spacial score (nSPS) is 41.1. The topological polar surface area (TPSA) is 288 Å². The van der Waals surface area contributed by atoms with Gasteiger partial charge in [-0.05, 0) is 129 Å². The summed E-state index contributed by atoms with van der Waals surface area (Å²) in [6.07, 6.45) is 14.1. The maximum Gasteiger partial charge on any atom is 0.331 e. The third-order valence-electron chi connectivity index (χ3n) is 22.3. The Morgan fingerprint density at radius 3 is 1.15 bits per heavy atom. The van der Waals surface area contributed by atoms with Gasteiger partial charge >= 0.3 is 11.9 Å². The lowest BCUT2D eigenvalue weighted by molar-refractivity contribution is -0.158. The Morgan fingerprint density at radius 1 is 0.449 bits per heavy atom. The summed E-state index contributed by atoms with van der Waals surface area (Å²) in [5, 5.41) is 94.4. The molecule has 0 saturated carbocycles. The Morgan fingerprint density at radius 2 is 0.806 bits per heavy atom. The largest absolute Gasteiger partial charge is 0.458 e. The first-order valence-electron chi connectivity index (χ1n) is 37.1. The Balaban J connectivity index is 1.36. The summed E-state index contributed by atoms with van der Waals surface area (Å²) >= 11 is 0. The van der Waals surface area contributed by atoms with Crippen molar-refractivity contribution in [3.8, 4) is 0 Å². The third-order valence-corrected chi connectivity index (χ3v) is 22.3. The second-order valence-electron chi connectivity index (χ2n) is 30.3. The van der Waals surface area contributed by atoms with Crippen molar-refractivity contribution in [3.63, 3.8) is 0 Å². The molecule has 4 bridgehead atoms. The number of rotatable bonds is 16. The van der Waals surface area contributed by atoms with Gasteiger partial charge in [0.05, 0.1) is 122 Å². The molecule has 20 heteroatoms. The van der Waals surface area contributed by atoms with Crippen molar-refractivity contribution in [2.45, 2.75) is 333 Å². The van der Waals surface area contributed by atoms with E-state index in [1.54, 1.807) is 54.4 Å². The molecule has 5 aliphatic rings. The molecule has 8 N–H and O–H groups in total. The molecule has 0 radical (unpaired) electrons. The Labute approximate surface area is 587 Å². The molecule has 98 heavy (non-hydrogen) atoms. The highest BCUT2D eigenvalue weighted by atomic mass is 16.6. The average molecular weight is 1390 g/mol. The van der Waals surface area contributed by atoms with Gasteiger partial charge in [-0.1, -0.05) is 115 Å². The molecule has 2 fully saturated rings. The molecule has 0 aliphatic carbocycles. The highest BCUT2D eigenvalue weighted by molar-refractivity contribution is 5.83. The van der Waals surface area contributed by atoms with Crippen LogP contribution < -0.4 is 0 Å². The fraction of sp³-hybridized carbons (Fsp3) is 0.821. The summed E-state index contributed by atoms with van der Waals surface area (Å²) in [5.74, 6) is -5.50. The molecule has 2 saturated heterocycles. The maximum absolute atomic E-state index is 13.9. The number of hydrogen-bond acceptors (Lipinski definition) is 20. The van der Waals surface area contributed by atoms with Crippen LogP contribution in [0.1, 0.15) is 199 Å². The van der Waals surface area contributed by atoms with Gasteiger partial charge in [0, 0.05) is 102 Å². The second-order valence-corrected chi connectivity index (χ2v) is 30.3. The molecular formula is C78H132O20. The van der Waals surface area contributed by atoms with Crippen LogP contribution in [-0.2, 0) is 57.0 Å². The van der Waals surface area contributed by atoms with Gasteiger partial charge in [0.2, 0.25) is 0 Å². The van der Waals surface area contributed by atoms with Crippen molar-refractivity contribution in [3.05, 3.63) is 71.9 Å². The Hall–Kier alpha value is -3.26. The molecule has 564 valence electrons. The monoisotopic (exact) mass is 1390 g/mol. The molecule has 0 amide bonds. The van der Waals surface area contributed by atoms with Gasteiger partial charge in [-0.2, -0.15) is 0 Å². The number of ether oxygens (including phenoxy) is 10. The van der Waals surface area contributed by atoms with Crippen molar-refractivity contribution in [1.29, 1.82) is 0 Å². The average Bonchev–Trinajstić information content (AvgIpc) is 0.853. The number of fused-ring (bicyclic) bond motifs is 4. The molecular weight excluding hydrogens is 1260 g/mol. The molecule has 0 aromatic carbocycles. The molecule has 20 nitrogen and oxygen atoms in total. The van der Waals surface area contributed by atoms with E-state index in [2.05, 4.69) is 0 Å². The summed E-state index contributed by atoms with van der Waals surface area (Å²) in [5.41, 5.74) is 1.39. The molecule has 0 aromatic heterocycles. The minimum atomic E-state index is -1.16. The number of carbonyl (C=O) groups excluding carboxylic acids is 2. The molecule has 30 atom stereocenters. The molecule has 0 spiro atoms. The number of methoxy groups -OCH3 is 4. The zero-order chi connectivity index (χ0) is 72.5. The van der Waals surface area contributed by atoms with Gasteiger partial charge in [0.1, 0.15) is 12.2 Å². The summed E-state index contributed by atoms with van der Waals surface area (Å²) < 4.78 is 61.3. The van der Waals surface area contributed by atoms with E-state index in [0.717, 1.165) is 25.7 Å². The van der Waals surface area contributed by atoms with Gasteiger partial charge in [-0.3, -0.25) is 0 Å². The quantitative estimate of drug-likeness (QED) is 0.0527. The molecule has 5 heterocycles. The first kappa shape index (κ1) is 85.4. The number of esters is 2. The van der Waals surface area contributed by atoms with Crippen LogP contribution in [0, 0.1) is 47.3 Å². The third kappa shape index (κ3) is 28.1. The standard InChI is InChI=1S/C78H132O20/c1-45-23-29-57(79)37-59-19-17-21-61(95-59)41-71(91-15)52(8)68(82)44-70(84)54(10)78(56(12)76(88)48(4)28-32-64-40-66(90-14)36-50(6)94-64)98-74(86)34-26-46(2)24-30-58(80)38-60-20-18-22-62(96-60)42-72(92-16)51(7)67(81)43-69(83)53(9)77(97-73(85)33-25-45)55(11)75(87)47(3)27-31-63-39-65(89-13)35-49(5)93-63/h17-20,23-26,33-34,47-72,75-84,87-88H,21-22,27-32,35-44H2,1-16H3/b33-25+,34-26+,45-23+,46-24+/t47-,48-,49-,50-,51-,52+,53-,54-,55-,56-,57-,58-,59-,60-,61-,62-,63-,64-,65+,66+,67+,68+,69+,70+,71-,72-,75-,76-,77-,78-/m0/s1. The lowest BCUT2D eigenvalue weighted by Gasteiger charge is -2.38. The van der Waals surface area contributed by atoms with Crippen LogP contribution in [0.2, 0.25) is 0 Å². The smallest absolute Gasteiger partial charge is 0.331 e. The van der Waals surface area contributed by atoms with E-state index in [-0.39, 0.29) is 99.2 Å². The fourth-order valence-corrected chi connectivity index (χ4v) is 15.3. The zero-order valence-electron chi connectivity index (χ0n) is 62.3. The van der Waals surface area contributed by atoms with Crippen LogP contribution in [0.3, 0.4) is 0 Å². The first-order chi connectivity index (χ1) is 46.4. The van der Waals surface area contributed by atoms with Crippen LogP contribution in [-0.4, -0.2) is 216 Å². The van der Waals surface area contributed by atoms with E-state index >= 15 is 0 Å². The van der Waals surface area contributed by atoms with E-state index in [4.69, 9.17) is 47.4 Å². The fourth-order valence-electron chi connectivity index (χ4n) is 15.3. The molecule has 0 aromatic rings. The number of aliphatic hydroxyl groups excluding tert-OH is 8. The summed E-state index contributed by atoms with van der Waals surface area (Å²) in [4.78, 5) is 27.8. The zero-order valence-corrected chi connectivity index (χ0v) is 62.3. The maximum atomic E-state index is 13.9. The number of cyclic esters (lactones) is 2. The number of carbonyl (C=O) groups is 2. The van der Waals surface area contributed by atoms with Gasteiger partial charge in [0.15, 0.2) is 0 Å². The Bertz CT molecular complexity index is 2320.